The van der Waals surface area contributed by atoms with Gasteiger partial charge < -0.3 is 14.0 Å². The summed E-state index contributed by atoms with van der Waals surface area (Å²) >= 11 is 0. The molecule has 0 saturated carbocycles. The van der Waals surface area contributed by atoms with Crippen molar-refractivity contribution < 1.29 is 14.0 Å². The van der Waals surface area contributed by atoms with Crippen molar-refractivity contribution in [2.45, 2.75) is 77.6 Å². The van der Waals surface area contributed by atoms with Gasteiger partial charge >= 0.3 is 7.32 Å². The summed E-state index contributed by atoms with van der Waals surface area (Å²) < 4.78 is 19.9. The summed E-state index contributed by atoms with van der Waals surface area (Å²) in [6.07, 6.45) is 5.48. The van der Waals surface area contributed by atoms with Crippen molar-refractivity contribution >= 4 is 7.32 Å². The first-order chi connectivity index (χ1) is 16.7. The van der Waals surface area contributed by atoms with E-state index in [2.05, 4.69) is 93.6 Å². The summed E-state index contributed by atoms with van der Waals surface area (Å²) in [5.41, 5.74) is 3.46. The monoisotopic (exact) mass is 458 g/mol. The Hall–Kier alpha value is -2.40. The highest BCUT2D eigenvalue weighted by molar-refractivity contribution is 6.36. The van der Waals surface area contributed by atoms with E-state index in [0.717, 1.165) is 55.2 Å². The summed E-state index contributed by atoms with van der Waals surface area (Å²) in [5.74, 6) is 0. The first-order valence-corrected chi connectivity index (χ1v) is 12.9. The minimum atomic E-state index is -0.773. The third-order valence-electron chi connectivity index (χ3n) is 5.99. The van der Waals surface area contributed by atoms with E-state index < -0.39 is 7.32 Å². The second-order valence-corrected chi connectivity index (χ2v) is 8.76. The third kappa shape index (κ3) is 8.12. The normalized spacial score (nSPS) is 13.9. The second kappa shape index (κ2) is 14.8. The minimum Gasteiger partial charge on any atom is -0.379 e. The number of hydrogen-bond acceptors (Lipinski definition) is 3. The molecule has 4 heteroatoms. The van der Waals surface area contributed by atoms with E-state index in [-0.39, 0.29) is 18.3 Å². The molecule has 34 heavy (non-hydrogen) atoms. The van der Waals surface area contributed by atoms with Gasteiger partial charge in [0.2, 0.25) is 0 Å². The van der Waals surface area contributed by atoms with Gasteiger partial charge in [-0.2, -0.15) is 0 Å². The van der Waals surface area contributed by atoms with Crippen molar-refractivity contribution in [1.29, 1.82) is 0 Å². The molecule has 0 saturated heterocycles. The molecule has 0 aromatic heterocycles. The molecule has 0 N–H and O–H groups in total. The maximum atomic E-state index is 6.63. The lowest BCUT2D eigenvalue weighted by Crippen LogP contribution is -2.32. The molecule has 0 spiro atoms. The molecule has 0 radical (unpaired) electrons. The zero-order chi connectivity index (χ0) is 24.0. The van der Waals surface area contributed by atoms with Crippen LogP contribution >= 0.6 is 0 Å². The Bertz CT molecular complexity index is 782. The molecule has 0 fully saturated rings. The molecule has 0 aliphatic heterocycles. The van der Waals surface area contributed by atoms with Crippen LogP contribution < -0.4 is 0 Å². The minimum absolute atomic E-state index is 0.0905. The Morgan fingerprint density at radius 2 is 0.735 bits per heavy atom. The Morgan fingerprint density at radius 1 is 0.471 bits per heavy atom. The molecule has 0 amide bonds. The molecule has 3 unspecified atom stereocenters. The summed E-state index contributed by atoms with van der Waals surface area (Å²) in [6, 6.07) is 31.2. The van der Waals surface area contributed by atoms with E-state index >= 15 is 0 Å². The van der Waals surface area contributed by atoms with Gasteiger partial charge in [-0.05, 0) is 36.0 Å². The predicted octanol–water partition coefficient (Wildman–Crippen LogP) is 8.65. The Balaban J connectivity index is 1.88. The van der Waals surface area contributed by atoms with Gasteiger partial charge in [0.15, 0.2) is 0 Å². The van der Waals surface area contributed by atoms with Crippen LogP contribution in [0.15, 0.2) is 91.0 Å². The molecule has 3 aromatic rings. The Morgan fingerprint density at radius 3 is 0.971 bits per heavy atom. The zero-order valence-electron chi connectivity index (χ0n) is 20.9. The van der Waals surface area contributed by atoms with Gasteiger partial charge in [0.1, 0.15) is 0 Å². The number of rotatable bonds is 15. The van der Waals surface area contributed by atoms with Crippen molar-refractivity contribution in [3.05, 3.63) is 108 Å². The van der Waals surface area contributed by atoms with Crippen molar-refractivity contribution in [2.24, 2.45) is 0 Å². The molecule has 0 aliphatic carbocycles. The summed E-state index contributed by atoms with van der Waals surface area (Å²) in [4.78, 5) is 0. The van der Waals surface area contributed by atoms with Crippen LogP contribution in [-0.4, -0.2) is 7.32 Å². The molecule has 3 atom stereocenters. The van der Waals surface area contributed by atoms with Gasteiger partial charge in [0, 0.05) is 0 Å². The molecular formula is C30H39BO3. The standard InChI is InChI=1S/C30H39BO3/c1-4-16-28(25-19-10-7-11-20-25)32-31(33-29(17-5-2)26-21-12-8-13-22-26)34-30(18-6-3)27-23-14-9-15-24-27/h7-15,19-24,28-30H,4-6,16-18H2,1-3H3. The first kappa shape index (κ1) is 26.2. The van der Waals surface area contributed by atoms with Crippen LogP contribution in [0.3, 0.4) is 0 Å². The van der Waals surface area contributed by atoms with Crippen molar-refractivity contribution in [1.82, 2.24) is 0 Å². The molecule has 180 valence electrons. The maximum Gasteiger partial charge on any atom is 0.640 e. The smallest absolute Gasteiger partial charge is 0.379 e. The van der Waals surface area contributed by atoms with Crippen LogP contribution in [0.2, 0.25) is 0 Å². The van der Waals surface area contributed by atoms with Crippen LogP contribution in [0.25, 0.3) is 0 Å². The van der Waals surface area contributed by atoms with Gasteiger partial charge in [0.05, 0.1) is 18.3 Å². The van der Waals surface area contributed by atoms with E-state index in [4.69, 9.17) is 14.0 Å². The molecule has 3 nitrogen and oxygen atoms in total. The van der Waals surface area contributed by atoms with Gasteiger partial charge in [-0.1, -0.05) is 131 Å². The highest BCUT2D eigenvalue weighted by Crippen LogP contribution is 2.32. The van der Waals surface area contributed by atoms with E-state index in [1.54, 1.807) is 0 Å². The summed E-state index contributed by atoms with van der Waals surface area (Å²) in [6.45, 7) is 6.55. The van der Waals surface area contributed by atoms with Crippen molar-refractivity contribution in [2.75, 3.05) is 0 Å². The van der Waals surface area contributed by atoms with Crippen molar-refractivity contribution in [3.8, 4) is 0 Å². The topological polar surface area (TPSA) is 27.7 Å². The fraction of sp³-hybridized carbons (Fsp3) is 0.400. The van der Waals surface area contributed by atoms with E-state index in [1.165, 1.54) is 0 Å². The van der Waals surface area contributed by atoms with Crippen molar-refractivity contribution in [3.63, 3.8) is 0 Å². The quantitative estimate of drug-likeness (QED) is 0.213. The van der Waals surface area contributed by atoms with Gasteiger partial charge in [-0.15, -0.1) is 0 Å². The maximum absolute atomic E-state index is 6.63. The fourth-order valence-corrected chi connectivity index (χ4v) is 4.23. The third-order valence-corrected chi connectivity index (χ3v) is 5.99. The number of benzene rings is 3. The predicted molar refractivity (Wildman–Crippen MR) is 141 cm³/mol. The lowest BCUT2D eigenvalue weighted by Gasteiger charge is -2.29. The average Bonchev–Trinajstić information content (AvgIpc) is 2.89. The zero-order valence-corrected chi connectivity index (χ0v) is 20.9. The fourth-order valence-electron chi connectivity index (χ4n) is 4.23. The van der Waals surface area contributed by atoms with E-state index in [1.807, 2.05) is 18.2 Å². The van der Waals surface area contributed by atoms with E-state index in [9.17, 15) is 0 Å². The van der Waals surface area contributed by atoms with Crippen LogP contribution in [0.4, 0.5) is 0 Å². The SMILES string of the molecule is CCCC(OB(OC(CCC)c1ccccc1)OC(CCC)c1ccccc1)c1ccccc1. The Labute approximate surface area is 206 Å². The van der Waals surface area contributed by atoms with Crippen LogP contribution in [0.5, 0.6) is 0 Å². The highest BCUT2D eigenvalue weighted by atomic mass is 16.7. The molecule has 3 rings (SSSR count). The van der Waals surface area contributed by atoms with E-state index in [0.29, 0.717) is 0 Å². The Kier molecular flexibility index (Phi) is 11.4. The van der Waals surface area contributed by atoms with Crippen LogP contribution in [0.1, 0.15) is 94.3 Å². The number of hydrogen-bond donors (Lipinski definition) is 0. The summed E-state index contributed by atoms with van der Waals surface area (Å²) in [7, 11) is -0.773. The summed E-state index contributed by atoms with van der Waals surface area (Å²) in [5, 5.41) is 0. The van der Waals surface area contributed by atoms with Gasteiger partial charge in [-0.3, -0.25) is 0 Å². The largest absolute Gasteiger partial charge is 0.640 e. The molecule has 3 aromatic carbocycles. The van der Waals surface area contributed by atoms with Gasteiger partial charge in [-0.25, -0.2) is 0 Å². The first-order valence-electron chi connectivity index (χ1n) is 12.9. The van der Waals surface area contributed by atoms with Crippen LogP contribution in [0, 0.1) is 0 Å². The molecule has 0 aliphatic rings. The molecule has 0 bridgehead atoms. The highest BCUT2D eigenvalue weighted by Gasteiger charge is 2.33. The molecular weight excluding hydrogens is 419 g/mol. The lowest BCUT2D eigenvalue weighted by atomic mass is 9.99. The van der Waals surface area contributed by atoms with Gasteiger partial charge in [0.25, 0.3) is 0 Å². The molecule has 0 heterocycles. The lowest BCUT2D eigenvalue weighted by molar-refractivity contribution is -0.000592. The second-order valence-electron chi connectivity index (χ2n) is 8.76. The average molecular weight is 458 g/mol. The van der Waals surface area contributed by atoms with Crippen LogP contribution in [-0.2, 0) is 14.0 Å².